The smallest absolute Gasteiger partial charge is 0.232 e. The molecule has 1 aliphatic carbocycles. The van der Waals surface area contributed by atoms with E-state index in [4.69, 9.17) is 0 Å². The molecule has 4 heteroatoms. The number of allylic oxidation sites excluding steroid dienone is 2. The largest absolute Gasteiger partial charge is 0.294 e. The Morgan fingerprint density at radius 3 is 2.37 bits per heavy atom. The number of nitrogens with zero attached hydrogens (tertiary/aromatic N) is 1. The van der Waals surface area contributed by atoms with Gasteiger partial charge in [0.15, 0.2) is 5.78 Å². The summed E-state index contributed by atoms with van der Waals surface area (Å²) in [5, 5.41) is 0. The predicted molar refractivity (Wildman–Crippen MR) is 103 cm³/mol. The van der Waals surface area contributed by atoms with Crippen LogP contribution in [0.4, 0.5) is 10.1 Å². The lowest BCUT2D eigenvalue weighted by atomic mass is 9.77. The van der Waals surface area contributed by atoms with Gasteiger partial charge in [-0.25, -0.2) is 4.39 Å². The van der Waals surface area contributed by atoms with Crippen LogP contribution in [0.5, 0.6) is 0 Å². The van der Waals surface area contributed by atoms with Gasteiger partial charge >= 0.3 is 0 Å². The number of carbonyl (C=O) groups is 2. The number of halogens is 1. The Morgan fingerprint density at radius 2 is 1.70 bits per heavy atom. The molecule has 0 N–H and O–H groups in total. The lowest BCUT2D eigenvalue weighted by Gasteiger charge is -2.38. The molecule has 2 aromatic carbocycles. The van der Waals surface area contributed by atoms with Crippen LogP contribution in [-0.4, -0.2) is 11.7 Å². The molecule has 0 saturated heterocycles. The van der Waals surface area contributed by atoms with Gasteiger partial charge in [0.1, 0.15) is 5.82 Å². The number of amides is 1. The van der Waals surface area contributed by atoms with Crippen LogP contribution in [0.2, 0.25) is 0 Å². The molecular weight excluding hydrogens is 341 g/mol. The number of hydrogen-bond acceptors (Lipinski definition) is 2. The highest BCUT2D eigenvalue weighted by atomic mass is 19.1. The summed E-state index contributed by atoms with van der Waals surface area (Å²) in [7, 11) is 0. The number of Topliss-reactive ketones (excluding diaryl/α,β-unsaturated/α-hetero) is 1. The fraction of sp³-hybridized carbons (Fsp3) is 0.304. The van der Waals surface area contributed by atoms with Crippen LogP contribution in [0.15, 0.2) is 59.8 Å². The Bertz CT molecular complexity index is 912. The fourth-order valence-corrected chi connectivity index (χ4v) is 4.15. The first-order valence-electron chi connectivity index (χ1n) is 9.52. The molecule has 1 amide bonds. The molecule has 3 nitrogen and oxygen atoms in total. The third-order valence-electron chi connectivity index (χ3n) is 5.55. The SMILES string of the molecule is CCc1ccc(C2CC(=O)N(c3ccc(F)cc3)C3=C2C(=O)CCC3)cc1. The highest BCUT2D eigenvalue weighted by Crippen LogP contribution is 2.43. The maximum Gasteiger partial charge on any atom is 0.232 e. The Labute approximate surface area is 158 Å². The molecule has 0 saturated carbocycles. The standard InChI is InChI=1S/C23H22FNO2/c1-2-15-6-8-16(9-7-15)19-14-22(27)25(18-12-10-17(24)11-13-18)20-4-3-5-21(26)23(19)20/h6-13,19H,2-5,14H2,1H3. The minimum Gasteiger partial charge on any atom is -0.294 e. The van der Waals surface area contributed by atoms with Crippen LogP contribution in [-0.2, 0) is 16.0 Å². The van der Waals surface area contributed by atoms with Crippen molar-refractivity contribution in [1.29, 1.82) is 0 Å². The van der Waals surface area contributed by atoms with Gasteiger partial charge in [0, 0.05) is 35.7 Å². The number of hydrogen-bond donors (Lipinski definition) is 0. The number of carbonyl (C=O) groups excluding carboxylic acids is 2. The molecule has 27 heavy (non-hydrogen) atoms. The van der Waals surface area contributed by atoms with Crippen molar-refractivity contribution in [2.75, 3.05) is 4.90 Å². The van der Waals surface area contributed by atoms with Crippen LogP contribution in [0.1, 0.15) is 49.7 Å². The zero-order valence-electron chi connectivity index (χ0n) is 15.4. The molecule has 2 aliphatic rings. The minimum absolute atomic E-state index is 0.0420. The maximum absolute atomic E-state index is 13.3. The van der Waals surface area contributed by atoms with E-state index in [-0.39, 0.29) is 29.8 Å². The van der Waals surface area contributed by atoms with E-state index in [1.54, 1.807) is 17.0 Å². The van der Waals surface area contributed by atoms with E-state index in [2.05, 4.69) is 19.1 Å². The van der Waals surface area contributed by atoms with Gasteiger partial charge in [-0.3, -0.25) is 14.5 Å². The van der Waals surface area contributed by atoms with Crippen LogP contribution in [0, 0.1) is 5.82 Å². The van der Waals surface area contributed by atoms with Gasteiger partial charge in [0.05, 0.1) is 0 Å². The molecule has 138 valence electrons. The van der Waals surface area contributed by atoms with E-state index in [1.165, 1.54) is 17.7 Å². The molecule has 1 aliphatic heterocycles. The summed E-state index contributed by atoms with van der Waals surface area (Å²) < 4.78 is 13.3. The molecule has 1 heterocycles. The van der Waals surface area contributed by atoms with Gasteiger partial charge in [0.25, 0.3) is 0 Å². The summed E-state index contributed by atoms with van der Waals surface area (Å²) >= 11 is 0. The fourth-order valence-electron chi connectivity index (χ4n) is 4.15. The van der Waals surface area contributed by atoms with Crippen molar-refractivity contribution >= 4 is 17.4 Å². The van der Waals surface area contributed by atoms with Gasteiger partial charge in [0.2, 0.25) is 5.91 Å². The van der Waals surface area contributed by atoms with E-state index in [0.717, 1.165) is 29.7 Å². The summed E-state index contributed by atoms with van der Waals surface area (Å²) in [6, 6.07) is 14.1. The summed E-state index contributed by atoms with van der Waals surface area (Å²) in [6.07, 6.45) is 3.16. The third-order valence-corrected chi connectivity index (χ3v) is 5.55. The van der Waals surface area contributed by atoms with Crippen LogP contribution in [0.3, 0.4) is 0 Å². The second-order valence-corrected chi connectivity index (χ2v) is 7.19. The molecule has 0 radical (unpaired) electrons. The monoisotopic (exact) mass is 363 g/mol. The summed E-state index contributed by atoms with van der Waals surface area (Å²) in [5.41, 5.74) is 4.43. The first-order chi connectivity index (χ1) is 13.1. The Balaban J connectivity index is 1.81. The highest BCUT2D eigenvalue weighted by Gasteiger charge is 2.39. The quantitative estimate of drug-likeness (QED) is 0.776. The van der Waals surface area contributed by atoms with Crippen LogP contribution < -0.4 is 4.90 Å². The third kappa shape index (κ3) is 3.20. The lowest BCUT2D eigenvalue weighted by Crippen LogP contribution is -2.40. The normalized spacial score (nSPS) is 20.1. The van der Waals surface area contributed by atoms with E-state index >= 15 is 0 Å². The van der Waals surface area contributed by atoms with Crippen molar-refractivity contribution in [3.63, 3.8) is 0 Å². The second kappa shape index (κ2) is 7.10. The number of ketones is 1. The summed E-state index contributed by atoms with van der Waals surface area (Å²) in [5.74, 6) is -0.450. The predicted octanol–water partition coefficient (Wildman–Crippen LogP) is 4.92. The van der Waals surface area contributed by atoms with Crippen LogP contribution >= 0.6 is 0 Å². The van der Waals surface area contributed by atoms with Crippen molar-refractivity contribution in [2.45, 2.75) is 44.9 Å². The second-order valence-electron chi connectivity index (χ2n) is 7.19. The molecular formula is C23H22FNO2. The van der Waals surface area contributed by atoms with Gasteiger partial charge in [-0.1, -0.05) is 31.2 Å². The number of benzene rings is 2. The Kier molecular flexibility index (Phi) is 4.65. The van der Waals surface area contributed by atoms with E-state index in [1.807, 2.05) is 12.1 Å². The van der Waals surface area contributed by atoms with Crippen molar-refractivity contribution in [3.05, 3.63) is 76.7 Å². The molecule has 4 rings (SSSR count). The maximum atomic E-state index is 13.3. The minimum atomic E-state index is -0.342. The van der Waals surface area contributed by atoms with Crippen LogP contribution in [0.25, 0.3) is 0 Å². The summed E-state index contributed by atoms with van der Waals surface area (Å²) in [4.78, 5) is 27.5. The van der Waals surface area contributed by atoms with Crippen molar-refractivity contribution in [1.82, 2.24) is 0 Å². The molecule has 2 aromatic rings. The molecule has 0 fully saturated rings. The lowest BCUT2D eigenvalue weighted by molar-refractivity contribution is -0.119. The van der Waals surface area contributed by atoms with Gasteiger partial charge in [-0.05, 0) is 54.7 Å². The summed E-state index contributed by atoms with van der Waals surface area (Å²) in [6.45, 7) is 2.10. The number of anilines is 1. The molecule has 0 bridgehead atoms. The van der Waals surface area contributed by atoms with E-state index < -0.39 is 0 Å². The average Bonchev–Trinajstić information content (AvgIpc) is 2.69. The van der Waals surface area contributed by atoms with Crippen molar-refractivity contribution in [3.8, 4) is 0 Å². The highest BCUT2D eigenvalue weighted by molar-refractivity contribution is 6.07. The first kappa shape index (κ1) is 17.7. The zero-order chi connectivity index (χ0) is 19.0. The van der Waals surface area contributed by atoms with Crippen molar-refractivity contribution < 1.29 is 14.0 Å². The Hall–Kier alpha value is -2.75. The number of rotatable bonds is 3. The topological polar surface area (TPSA) is 37.4 Å². The van der Waals surface area contributed by atoms with E-state index in [9.17, 15) is 14.0 Å². The first-order valence-corrected chi connectivity index (χ1v) is 9.52. The average molecular weight is 363 g/mol. The molecule has 1 unspecified atom stereocenters. The molecule has 0 spiro atoms. The number of aryl methyl sites for hydroxylation is 1. The zero-order valence-corrected chi connectivity index (χ0v) is 15.4. The van der Waals surface area contributed by atoms with Gasteiger partial charge in [-0.2, -0.15) is 0 Å². The molecule has 1 atom stereocenters. The molecule has 0 aromatic heterocycles. The van der Waals surface area contributed by atoms with Crippen molar-refractivity contribution in [2.24, 2.45) is 0 Å². The van der Waals surface area contributed by atoms with Gasteiger partial charge in [-0.15, -0.1) is 0 Å². The Morgan fingerprint density at radius 1 is 1.00 bits per heavy atom. The van der Waals surface area contributed by atoms with E-state index in [0.29, 0.717) is 18.5 Å². The van der Waals surface area contributed by atoms with Gasteiger partial charge < -0.3 is 0 Å².